The molecule has 0 atom stereocenters. The van der Waals surface area contributed by atoms with Gasteiger partial charge in [-0.1, -0.05) is 24.3 Å². The Morgan fingerprint density at radius 2 is 1.64 bits per heavy atom. The van der Waals surface area contributed by atoms with Crippen LogP contribution in [-0.4, -0.2) is 41.3 Å². The number of benzene rings is 2. The van der Waals surface area contributed by atoms with Crippen LogP contribution >= 0.6 is 0 Å². The van der Waals surface area contributed by atoms with Gasteiger partial charge in [-0.25, -0.2) is 8.42 Å². The van der Waals surface area contributed by atoms with Gasteiger partial charge in [0.1, 0.15) is 6.54 Å². The van der Waals surface area contributed by atoms with Gasteiger partial charge in [0.2, 0.25) is 15.9 Å². The number of ether oxygens (including phenoxy) is 2. The molecule has 152 valence electrons. The molecular weight excluding hydrogens is 380 g/mol. The van der Waals surface area contributed by atoms with Gasteiger partial charge in [-0.15, -0.1) is 0 Å². The predicted octanol–water partition coefficient (Wildman–Crippen LogP) is 2.40. The lowest BCUT2D eigenvalue weighted by Gasteiger charge is -2.25. The summed E-state index contributed by atoms with van der Waals surface area (Å²) in [4.78, 5) is 12.5. The number of hydrogen-bond acceptors (Lipinski definition) is 5. The summed E-state index contributed by atoms with van der Waals surface area (Å²) < 4.78 is 36.2. The first-order chi connectivity index (χ1) is 13.2. The zero-order chi connectivity index (χ0) is 20.9. The van der Waals surface area contributed by atoms with Gasteiger partial charge in [0, 0.05) is 6.54 Å². The number of rotatable bonds is 8. The highest BCUT2D eigenvalue weighted by Gasteiger charge is 2.23. The molecule has 0 aromatic heterocycles. The summed E-state index contributed by atoms with van der Waals surface area (Å²) in [6, 6.07) is 10.8. The van der Waals surface area contributed by atoms with Crippen molar-refractivity contribution in [1.29, 1.82) is 0 Å². The van der Waals surface area contributed by atoms with Gasteiger partial charge < -0.3 is 14.8 Å². The Morgan fingerprint density at radius 1 is 1.04 bits per heavy atom. The third-order valence-electron chi connectivity index (χ3n) is 4.31. The van der Waals surface area contributed by atoms with Crippen molar-refractivity contribution in [2.24, 2.45) is 0 Å². The Kier molecular flexibility index (Phi) is 6.90. The molecule has 2 aromatic rings. The summed E-state index contributed by atoms with van der Waals surface area (Å²) in [5, 5.41) is 2.76. The van der Waals surface area contributed by atoms with Crippen LogP contribution in [0.1, 0.15) is 16.7 Å². The van der Waals surface area contributed by atoms with Gasteiger partial charge in [-0.3, -0.25) is 9.10 Å². The van der Waals surface area contributed by atoms with E-state index in [4.69, 9.17) is 9.47 Å². The highest BCUT2D eigenvalue weighted by Crippen LogP contribution is 2.28. The number of amides is 1. The molecule has 2 aromatic carbocycles. The molecule has 0 fully saturated rings. The monoisotopic (exact) mass is 406 g/mol. The number of anilines is 1. The second-order valence-electron chi connectivity index (χ2n) is 6.48. The number of carbonyl (C=O) groups is 1. The first-order valence-electron chi connectivity index (χ1n) is 8.69. The molecule has 0 unspecified atom stereocenters. The molecule has 8 heteroatoms. The van der Waals surface area contributed by atoms with Crippen LogP contribution in [0.15, 0.2) is 36.4 Å². The topological polar surface area (TPSA) is 84.9 Å². The second-order valence-corrected chi connectivity index (χ2v) is 8.38. The number of para-hydroxylation sites is 1. The second kappa shape index (κ2) is 8.97. The molecule has 2 rings (SSSR count). The number of nitrogens with one attached hydrogen (secondary N) is 1. The average molecular weight is 407 g/mol. The fourth-order valence-electron chi connectivity index (χ4n) is 2.94. The lowest BCUT2D eigenvalue weighted by molar-refractivity contribution is -0.119. The third-order valence-corrected chi connectivity index (χ3v) is 5.43. The van der Waals surface area contributed by atoms with Gasteiger partial charge >= 0.3 is 0 Å². The molecule has 1 N–H and O–H groups in total. The molecular formula is C20H26N2O5S. The smallest absolute Gasteiger partial charge is 0.241 e. The maximum absolute atomic E-state index is 12.5. The van der Waals surface area contributed by atoms with E-state index < -0.39 is 15.9 Å². The van der Waals surface area contributed by atoms with Crippen molar-refractivity contribution in [2.45, 2.75) is 20.4 Å². The summed E-state index contributed by atoms with van der Waals surface area (Å²) in [5.74, 6) is 0.751. The van der Waals surface area contributed by atoms with Gasteiger partial charge in [0.15, 0.2) is 11.5 Å². The predicted molar refractivity (Wildman–Crippen MR) is 109 cm³/mol. The first-order valence-corrected chi connectivity index (χ1v) is 10.5. The minimum absolute atomic E-state index is 0.240. The third kappa shape index (κ3) is 5.16. The van der Waals surface area contributed by atoms with Crippen LogP contribution in [0.5, 0.6) is 11.5 Å². The van der Waals surface area contributed by atoms with E-state index in [0.717, 1.165) is 27.3 Å². The van der Waals surface area contributed by atoms with E-state index in [2.05, 4.69) is 5.32 Å². The molecule has 0 aliphatic carbocycles. The summed E-state index contributed by atoms with van der Waals surface area (Å²) in [5.41, 5.74) is 2.92. The minimum Gasteiger partial charge on any atom is -0.493 e. The SMILES string of the molecule is COc1ccc(CNC(=O)CN(c2c(C)cccc2C)S(C)(=O)=O)cc1OC. The standard InChI is InChI=1S/C20H26N2O5S/c1-14-7-6-8-15(2)20(14)22(28(5,24)25)13-19(23)21-12-16-9-10-17(26-3)18(11-16)27-4/h6-11H,12-13H2,1-5H3,(H,21,23). The zero-order valence-corrected chi connectivity index (χ0v) is 17.6. The molecule has 28 heavy (non-hydrogen) atoms. The minimum atomic E-state index is -3.62. The maximum atomic E-state index is 12.5. The number of carbonyl (C=O) groups excluding carboxylic acids is 1. The summed E-state index contributed by atoms with van der Waals surface area (Å²) >= 11 is 0. The molecule has 0 aliphatic rings. The Labute approximate surface area is 166 Å². The van der Waals surface area contributed by atoms with E-state index >= 15 is 0 Å². The molecule has 0 bridgehead atoms. The van der Waals surface area contributed by atoms with E-state index in [1.807, 2.05) is 38.1 Å². The lowest BCUT2D eigenvalue weighted by Crippen LogP contribution is -2.40. The first kappa shape index (κ1) is 21.6. The van der Waals surface area contributed by atoms with Gasteiger partial charge in [-0.2, -0.15) is 0 Å². The normalized spacial score (nSPS) is 11.0. The van der Waals surface area contributed by atoms with Crippen molar-refractivity contribution >= 4 is 21.6 Å². The Morgan fingerprint density at radius 3 is 2.18 bits per heavy atom. The van der Waals surface area contributed by atoms with Crippen LogP contribution in [0.2, 0.25) is 0 Å². The Balaban J connectivity index is 2.15. The largest absolute Gasteiger partial charge is 0.493 e. The highest BCUT2D eigenvalue weighted by atomic mass is 32.2. The number of aryl methyl sites for hydroxylation is 2. The molecule has 1 amide bonds. The Bertz CT molecular complexity index is 937. The van der Waals surface area contributed by atoms with Crippen LogP contribution in [-0.2, 0) is 21.4 Å². The molecule has 0 radical (unpaired) electrons. The van der Waals surface area contributed by atoms with Crippen LogP contribution in [0.4, 0.5) is 5.69 Å². The molecule has 7 nitrogen and oxygen atoms in total. The molecule has 0 heterocycles. The number of hydrogen-bond donors (Lipinski definition) is 1. The average Bonchev–Trinajstić information content (AvgIpc) is 2.64. The van der Waals surface area contributed by atoms with Crippen molar-refractivity contribution in [3.05, 3.63) is 53.1 Å². The van der Waals surface area contributed by atoms with Crippen molar-refractivity contribution in [3.8, 4) is 11.5 Å². The maximum Gasteiger partial charge on any atom is 0.241 e. The molecule has 0 aliphatic heterocycles. The van der Waals surface area contributed by atoms with Gasteiger partial charge in [-0.05, 0) is 42.7 Å². The van der Waals surface area contributed by atoms with Crippen LogP contribution < -0.4 is 19.1 Å². The van der Waals surface area contributed by atoms with Crippen molar-refractivity contribution in [3.63, 3.8) is 0 Å². The number of sulfonamides is 1. The van der Waals surface area contributed by atoms with Crippen molar-refractivity contribution in [2.75, 3.05) is 31.3 Å². The molecule has 0 saturated carbocycles. The summed E-state index contributed by atoms with van der Waals surface area (Å²) in [6.07, 6.45) is 1.10. The number of nitrogens with zero attached hydrogens (tertiary/aromatic N) is 1. The van der Waals surface area contributed by atoms with E-state index in [-0.39, 0.29) is 13.1 Å². The van der Waals surface area contributed by atoms with Crippen molar-refractivity contribution < 1.29 is 22.7 Å². The van der Waals surface area contributed by atoms with E-state index in [1.54, 1.807) is 19.2 Å². The number of methoxy groups -OCH3 is 2. The molecule has 0 saturated heterocycles. The van der Waals surface area contributed by atoms with E-state index in [0.29, 0.717) is 17.2 Å². The van der Waals surface area contributed by atoms with Crippen LogP contribution in [0.25, 0.3) is 0 Å². The fourth-order valence-corrected chi connectivity index (χ4v) is 3.91. The van der Waals surface area contributed by atoms with Crippen LogP contribution in [0.3, 0.4) is 0 Å². The molecule has 0 spiro atoms. The van der Waals surface area contributed by atoms with Gasteiger partial charge in [0.25, 0.3) is 0 Å². The summed E-state index contributed by atoms with van der Waals surface area (Å²) in [6.45, 7) is 3.59. The van der Waals surface area contributed by atoms with Crippen molar-refractivity contribution in [1.82, 2.24) is 5.32 Å². The Hall–Kier alpha value is -2.74. The fraction of sp³-hybridized carbons (Fsp3) is 0.350. The van der Waals surface area contributed by atoms with E-state index in [9.17, 15) is 13.2 Å². The highest BCUT2D eigenvalue weighted by molar-refractivity contribution is 7.92. The van der Waals surface area contributed by atoms with Gasteiger partial charge in [0.05, 0.1) is 26.2 Å². The summed E-state index contributed by atoms with van der Waals surface area (Å²) in [7, 11) is -0.540. The van der Waals surface area contributed by atoms with Crippen LogP contribution in [0, 0.1) is 13.8 Å². The quantitative estimate of drug-likeness (QED) is 0.728. The van der Waals surface area contributed by atoms with E-state index in [1.165, 1.54) is 7.11 Å². The zero-order valence-electron chi connectivity index (χ0n) is 16.8. The lowest BCUT2D eigenvalue weighted by atomic mass is 10.1.